The van der Waals surface area contributed by atoms with Gasteiger partial charge in [0.15, 0.2) is 0 Å². The van der Waals surface area contributed by atoms with Gasteiger partial charge in [0.25, 0.3) is 0 Å². The van der Waals surface area contributed by atoms with Crippen LogP contribution in [0.25, 0.3) is 0 Å². The van der Waals surface area contributed by atoms with Crippen LogP contribution in [0.2, 0.25) is 0 Å². The molecule has 0 fully saturated rings. The Balaban J connectivity index is 2.80. The van der Waals surface area contributed by atoms with E-state index in [2.05, 4.69) is 30.8 Å². The largest absolute Gasteiger partial charge is 0.380 e. The Morgan fingerprint density at radius 3 is 2.53 bits per heavy atom. The molecule has 0 spiro atoms. The van der Waals surface area contributed by atoms with Gasteiger partial charge in [0.1, 0.15) is 0 Å². The van der Waals surface area contributed by atoms with Gasteiger partial charge < -0.3 is 10.1 Å². The second-order valence-electron chi connectivity index (χ2n) is 4.68. The van der Waals surface area contributed by atoms with Crippen LogP contribution in [0.1, 0.15) is 51.1 Å². The zero-order valence-corrected chi connectivity index (χ0v) is 13.0. The lowest BCUT2D eigenvalue weighted by Gasteiger charge is -2.08. The Kier molecular flexibility index (Phi) is 7.75. The molecule has 0 saturated heterocycles. The summed E-state index contributed by atoms with van der Waals surface area (Å²) < 4.78 is 7.58. The van der Waals surface area contributed by atoms with Crippen molar-refractivity contribution in [3.8, 4) is 0 Å². The van der Waals surface area contributed by atoms with Crippen LogP contribution in [-0.4, -0.2) is 29.5 Å². The molecule has 0 aliphatic rings. The molecule has 0 aliphatic carbocycles. The predicted octanol–water partition coefficient (Wildman–Crippen LogP) is 2.54. The van der Waals surface area contributed by atoms with Crippen molar-refractivity contribution in [2.24, 2.45) is 0 Å². The lowest BCUT2D eigenvalue weighted by molar-refractivity contribution is 0.135. The maximum Gasteiger partial charge on any atom is 0.0669 e. The van der Waals surface area contributed by atoms with Crippen molar-refractivity contribution in [3.63, 3.8) is 0 Å². The summed E-state index contributed by atoms with van der Waals surface area (Å²) in [6.45, 7) is 13.0. The molecule has 1 aromatic heterocycles. The minimum absolute atomic E-state index is 0.746. The van der Waals surface area contributed by atoms with Gasteiger partial charge in [-0.1, -0.05) is 20.8 Å². The highest BCUT2D eigenvalue weighted by Crippen LogP contribution is 2.16. The first-order valence-corrected chi connectivity index (χ1v) is 7.64. The van der Waals surface area contributed by atoms with E-state index in [9.17, 15) is 0 Å². The molecule has 0 aliphatic heterocycles. The fourth-order valence-electron chi connectivity index (χ4n) is 2.34. The van der Waals surface area contributed by atoms with Crippen molar-refractivity contribution in [3.05, 3.63) is 17.0 Å². The lowest BCUT2D eigenvalue weighted by atomic mass is 10.1. The van der Waals surface area contributed by atoms with E-state index in [0.29, 0.717) is 0 Å². The smallest absolute Gasteiger partial charge is 0.0669 e. The van der Waals surface area contributed by atoms with Gasteiger partial charge in [-0.3, -0.25) is 4.68 Å². The molecule has 1 heterocycles. The highest BCUT2D eigenvalue weighted by Gasteiger charge is 2.14. The summed E-state index contributed by atoms with van der Waals surface area (Å²) in [6.07, 6.45) is 3.20. The van der Waals surface area contributed by atoms with Crippen LogP contribution in [-0.2, 0) is 30.7 Å². The Morgan fingerprint density at radius 1 is 1.16 bits per heavy atom. The maximum absolute atomic E-state index is 5.44. The normalized spacial score (nSPS) is 11.2. The summed E-state index contributed by atoms with van der Waals surface area (Å²) in [7, 11) is 0. The summed E-state index contributed by atoms with van der Waals surface area (Å²) in [5.41, 5.74) is 3.99. The van der Waals surface area contributed by atoms with Gasteiger partial charge in [-0.25, -0.2) is 0 Å². The van der Waals surface area contributed by atoms with Crippen LogP contribution in [0.5, 0.6) is 0 Å². The van der Waals surface area contributed by atoms with Crippen molar-refractivity contribution in [2.75, 3.05) is 19.8 Å². The molecule has 0 bridgehead atoms. The first-order chi connectivity index (χ1) is 9.28. The molecule has 0 aromatic carbocycles. The number of aryl methyl sites for hydroxylation is 1. The molecule has 1 N–H and O–H groups in total. The molecular weight excluding hydrogens is 238 g/mol. The number of aromatic nitrogens is 2. The van der Waals surface area contributed by atoms with Gasteiger partial charge in [0.2, 0.25) is 0 Å². The Morgan fingerprint density at radius 2 is 1.95 bits per heavy atom. The summed E-state index contributed by atoms with van der Waals surface area (Å²) in [5, 5.41) is 8.24. The molecule has 0 amide bonds. The SMILES string of the molecule is CCCNCc1c(CC)nn(CCOCC)c1CC. The fraction of sp³-hybridized carbons (Fsp3) is 0.800. The molecule has 0 saturated carbocycles. The van der Waals surface area contributed by atoms with E-state index in [1.807, 2.05) is 6.92 Å². The molecule has 0 atom stereocenters. The van der Waals surface area contributed by atoms with Crippen molar-refractivity contribution in [1.82, 2.24) is 15.1 Å². The second kappa shape index (κ2) is 9.10. The molecule has 1 aromatic rings. The van der Waals surface area contributed by atoms with E-state index in [1.54, 1.807) is 0 Å². The van der Waals surface area contributed by atoms with Crippen LogP contribution in [0.4, 0.5) is 0 Å². The quantitative estimate of drug-likeness (QED) is 0.662. The highest BCUT2D eigenvalue weighted by molar-refractivity contribution is 5.26. The van der Waals surface area contributed by atoms with Crippen molar-refractivity contribution < 1.29 is 4.74 Å². The summed E-state index contributed by atoms with van der Waals surface area (Å²) in [4.78, 5) is 0. The van der Waals surface area contributed by atoms with Gasteiger partial charge in [-0.2, -0.15) is 5.10 Å². The molecule has 4 heteroatoms. The van der Waals surface area contributed by atoms with E-state index in [0.717, 1.165) is 45.7 Å². The van der Waals surface area contributed by atoms with E-state index >= 15 is 0 Å². The second-order valence-corrected chi connectivity index (χ2v) is 4.68. The lowest BCUT2D eigenvalue weighted by Crippen LogP contribution is -2.16. The van der Waals surface area contributed by atoms with Crippen LogP contribution < -0.4 is 5.32 Å². The van der Waals surface area contributed by atoms with E-state index < -0.39 is 0 Å². The summed E-state index contributed by atoms with van der Waals surface area (Å²) in [6, 6.07) is 0. The Labute approximate surface area is 117 Å². The third-order valence-corrected chi connectivity index (χ3v) is 3.30. The summed E-state index contributed by atoms with van der Waals surface area (Å²) >= 11 is 0. The van der Waals surface area contributed by atoms with Gasteiger partial charge in [-0.15, -0.1) is 0 Å². The minimum Gasteiger partial charge on any atom is -0.380 e. The summed E-state index contributed by atoms with van der Waals surface area (Å²) in [5.74, 6) is 0. The average molecular weight is 267 g/mol. The number of ether oxygens (including phenoxy) is 1. The molecular formula is C15H29N3O. The van der Waals surface area contributed by atoms with Gasteiger partial charge in [0.05, 0.1) is 18.8 Å². The monoisotopic (exact) mass is 267 g/mol. The highest BCUT2D eigenvalue weighted by atomic mass is 16.5. The number of nitrogens with one attached hydrogen (secondary N) is 1. The minimum atomic E-state index is 0.746. The number of hydrogen-bond acceptors (Lipinski definition) is 3. The molecule has 0 unspecified atom stereocenters. The molecule has 1 rings (SSSR count). The van der Waals surface area contributed by atoms with E-state index in [1.165, 1.54) is 23.4 Å². The van der Waals surface area contributed by atoms with Crippen molar-refractivity contribution in [1.29, 1.82) is 0 Å². The van der Waals surface area contributed by atoms with Gasteiger partial charge in [-0.05, 0) is 32.7 Å². The van der Waals surface area contributed by atoms with Crippen LogP contribution in [0, 0.1) is 0 Å². The van der Waals surface area contributed by atoms with E-state index in [4.69, 9.17) is 9.84 Å². The van der Waals surface area contributed by atoms with Crippen molar-refractivity contribution in [2.45, 2.75) is 60.0 Å². The van der Waals surface area contributed by atoms with Crippen LogP contribution in [0.3, 0.4) is 0 Å². The first-order valence-electron chi connectivity index (χ1n) is 7.64. The third kappa shape index (κ3) is 4.62. The van der Waals surface area contributed by atoms with Gasteiger partial charge in [0, 0.05) is 24.4 Å². The maximum atomic E-state index is 5.44. The van der Waals surface area contributed by atoms with Crippen molar-refractivity contribution >= 4 is 0 Å². The standard InChI is InChI=1S/C15H29N3O/c1-5-9-16-12-13-14(6-2)17-18(15(13)7-3)10-11-19-8-4/h16H,5-12H2,1-4H3. The number of nitrogens with zero attached hydrogens (tertiary/aromatic N) is 2. The molecule has 110 valence electrons. The van der Waals surface area contributed by atoms with E-state index in [-0.39, 0.29) is 0 Å². The third-order valence-electron chi connectivity index (χ3n) is 3.30. The fourth-order valence-corrected chi connectivity index (χ4v) is 2.34. The Bertz CT molecular complexity index is 361. The average Bonchev–Trinajstić information content (AvgIpc) is 2.76. The van der Waals surface area contributed by atoms with Crippen LogP contribution >= 0.6 is 0 Å². The molecule has 0 radical (unpaired) electrons. The van der Waals surface area contributed by atoms with Crippen LogP contribution in [0.15, 0.2) is 0 Å². The first kappa shape index (κ1) is 16.2. The van der Waals surface area contributed by atoms with Gasteiger partial charge >= 0.3 is 0 Å². The zero-order valence-electron chi connectivity index (χ0n) is 13.0. The number of hydrogen-bond donors (Lipinski definition) is 1. The zero-order chi connectivity index (χ0) is 14.1. The number of rotatable bonds is 10. The topological polar surface area (TPSA) is 39.1 Å². The molecule has 19 heavy (non-hydrogen) atoms. The molecule has 4 nitrogen and oxygen atoms in total. The Hall–Kier alpha value is -0.870. The predicted molar refractivity (Wildman–Crippen MR) is 79.5 cm³/mol.